The number of aromatic nitrogens is 3. The lowest BCUT2D eigenvalue weighted by Gasteiger charge is -2.22. The summed E-state index contributed by atoms with van der Waals surface area (Å²) in [5, 5.41) is 14.6. The van der Waals surface area contributed by atoms with Crippen LogP contribution >= 0.6 is 0 Å². The summed E-state index contributed by atoms with van der Waals surface area (Å²) in [7, 11) is 1.82. The van der Waals surface area contributed by atoms with Gasteiger partial charge in [-0.15, -0.1) is 0 Å². The number of hydrogen-bond donors (Lipinski definition) is 1. The molecule has 6 nitrogen and oxygen atoms in total. The first-order valence-corrected chi connectivity index (χ1v) is 8.26. The molecule has 0 spiro atoms. The Hall–Kier alpha value is -2.73. The van der Waals surface area contributed by atoms with Crippen molar-refractivity contribution in [3.05, 3.63) is 58.9 Å². The zero-order valence-electron chi connectivity index (χ0n) is 14.7. The molecule has 1 amide bonds. The van der Waals surface area contributed by atoms with Gasteiger partial charge in [0.25, 0.3) is 5.91 Å². The monoisotopic (exact) mass is 338 g/mol. The molecule has 3 rings (SSSR count). The van der Waals surface area contributed by atoms with E-state index in [-0.39, 0.29) is 19.1 Å². The molecule has 6 heteroatoms. The smallest absolute Gasteiger partial charge is 0.255 e. The fourth-order valence-electron chi connectivity index (χ4n) is 3.09. The predicted molar refractivity (Wildman–Crippen MR) is 96.3 cm³/mol. The van der Waals surface area contributed by atoms with E-state index >= 15 is 0 Å². The lowest BCUT2D eigenvalue weighted by atomic mass is 10.1. The van der Waals surface area contributed by atoms with Crippen molar-refractivity contribution in [2.24, 2.45) is 7.05 Å². The van der Waals surface area contributed by atoms with Gasteiger partial charge in [-0.25, -0.2) is 4.98 Å². The molecule has 0 aliphatic carbocycles. The van der Waals surface area contributed by atoms with Crippen LogP contribution in [0, 0.1) is 13.8 Å². The lowest BCUT2D eigenvalue weighted by Crippen LogP contribution is -2.33. The molecular weight excluding hydrogens is 316 g/mol. The first kappa shape index (κ1) is 17.1. The Morgan fingerprint density at radius 2 is 1.96 bits per heavy atom. The van der Waals surface area contributed by atoms with E-state index in [0.717, 1.165) is 22.3 Å². The number of pyridine rings is 1. The van der Waals surface area contributed by atoms with Crippen LogP contribution in [-0.2, 0) is 13.6 Å². The maximum Gasteiger partial charge on any atom is 0.255 e. The van der Waals surface area contributed by atoms with E-state index in [1.54, 1.807) is 15.6 Å². The number of aryl methyl sites for hydroxylation is 3. The normalized spacial score (nSPS) is 11.0. The van der Waals surface area contributed by atoms with Crippen molar-refractivity contribution in [2.75, 3.05) is 13.2 Å². The van der Waals surface area contributed by atoms with E-state index < -0.39 is 0 Å². The van der Waals surface area contributed by atoms with Gasteiger partial charge in [0, 0.05) is 25.8 Å². The van der Waals surface area contributed by atoms with Gasteiger partial charge in [-0.3, -0.25) is 9.48 Å². The summed E-state index contributed by atoms with van der Waals surface area (Å²) < 4.78 is 1.70. The standard InChI is InChI=1S/C19H22N4O2/c1-13-11-16(17-14(2)21-22(3)18(17)20-13)19(25)23(9-10-24)12-15-7-5-4-6-8-15/h4-8,11,24H,9-10,12H2,1-3H3. The van der Waals surface area contributed by atoms with Gasteiger partial charge in [-0.1, -0.05) is 30.3 Å². The molecule has 0 unspecified atom stereocenters. The Bertz CT molecular complexity index is 903. The minimum atomic E-state index is -0.121. The minimum Gasteiger partial charge on any atom is -0.395 e. The molecule has 1 aromatic carbocycles. The second-order valence-electron chi connectivity index (χ2n) is 6.15. The van der Waals surface area contributed by atoms with Crippen LogP contribution in [0.15, 0.2) is 36.4 Å². The van der Waals surface area contributed by atoms with Gasteiger partial charge in [0.1, 0.15) is 0 Å². The van der Waals surface area contributed by atoms with Gasteiger partial charge in [0.05, 0.1) is 23.3 Å². The number of aliphatic hydroxyl groups is 1. The second-order valence-corrected chi connectivity index (χ2v) is 6.15. The van der Waals surface area contributed by atoms with Gasteiger partial charge in [-0.2, -0.15) is 5.10 Å². The summed E-state index contributed by atoms with van der Waals surface area (Å²) in [6.45, 7) is 4.38. The van der Waals surface area contributed by atoms with Crippen LogP contribution in [-0.4, -0.2) is 43.8 Å². The maximum atomic E-state index is 13.2. The first-order chi connectivity index (χ1) is 12.0. The molecule has 130 valence electrons. The van der Waals surface area contributed by atoms with Gasteiger partial charge in [-0.05, 0) is 25.5 Å². The lowest BCUT2D eigenvalue weighted by molar-refractivity contribution is 0.0709. The summed E-state index contributed by atoms with van der Waals surface area (Å²) in [4.78, 5) is 19.4. The summed E-state index contributed by atoms with van der Waals surface area (Å²) in [5.41, 5.74) is 3.84. The average molecular weight is 338 g/mol. The third kappa shape index (κ3) is 3.39. The van der Waals surface area contributed by atoms with Crippen molar-refractivity contribution in [1.82, 2.24) is 19.7 Å². The molecule has 0 atom stereocenters. The number of carbonyl (C=O) groups excluding carboxylic acids is 1. The van der Waals surface area contributed by atoms with Crippen LogP contribution < -0.4 is 0 Å². The molecule has 0 saturated heterocycles. The fraction of sp³-hybridized carbons (Fsp3) is 0.316. The van der Waals surface area contributed by atoms with Crippen molar-refractivity contribution in [2.45, 2.75) is 20.4 Å². The number of fused-ring (bicyclic) bond motifs is 1. The fourth-order valence-corrected chi connectivity index (χ4v) is 3.09. The quantitative estimate of drug-likeness (QED) is 0.774. The molecule has 3 aromatic rings. The molecule has 2 heterocycles. The third-order valence-corrected chi connectivity index (χ3v) is 4.20. The number of benzene rings is 1. The summed E-state index contributed by atoms with van der Waals surface area (Å²) >= 11 is 0. The van der Waals surface area contributed by atoms with Crippen molar-refractivity contribution < 1.29 is 9.90 Å². The van der Waals surface area contributed by atoms with Crippen LogP contribution in [0.25, 0.3) is 11.0 Å². The van der Waals surface area contributed by atoms with Gasteiger partial charge in [0.2, 0.25) is 0 Å². The summed E-state index contributed by atoms with van der Waals surface area (Å²) in [6, 6.07) is 11.6. The molecule has 0 bridgehead atoms. The first-order valence-electron chi connectivity index (χ1n) is 8.26. The number of amides is 1. The largest absolute Gasteiger partial charge is 0.395 e. The number of nitrogens with zero attached hydrogens (tertiary/aromatic N) is 4. The number of rotatable bonds is 5. The van der Waals surface area contributed by atoms with E-state index in [0.29, 0.717) is 17.8 Å². The van der Waals surface area contributed by atoms with E-state index in [9.17, 15) is 9.90 Å². The maximum absolute atomic E-state index is 13.2. The highest BCUT2D eigenvalue weighted by Crippen LogP contribution is 2.23. The van der Waals surface area contributed by atoms with Crippen molar-refractivity contribution >= 4 is 16.9 Å². The summed E-state index contributed by atoms with van der Waals surface area (Å²) in [5.74, 6) is -0.121. The van der Waals surface area contributed by atoms with Crippen molar-refractivity contribution in [3.63, 3.8) is 0 Å². The molecule has 0 radical (unpaired) electrons. The molecule has 0 saturated carbocycles. The molecule has 25 heavy (non-hydrogen) atoms. The Morgan fingerprint density at radius 1 is 1.24 bits per heavy atom. The van der Waals surface area contributed by atoms with E-state index in [4.69, 9.17) is 0 Å². The van der Waals surface area contributed by atoms with Crippen LogP contribution in [0.4, 0.5) is 0 Å². The Morgan fingerprint density at radius 3 is 2.64 bits per heavy atom. The van der Waals surface area contributed by atoms with Gasteiger partial charge in [0.15, 0.2) is 5.65 Å². The van der Waals surface area contributed by atoms with E-state index in [1.165, 1.54) is 0 Å². The van der Waals surface area contributed by atoms with Gasteiger partial charge >= 0.3 is 0 Å². The van der Waals surface area contributed by atoms with Crippen LogP contribution in [0.1, 0.15) is 27.3 Å². The zero-order chi connectivity index (χ0) is 18.0. The second kappa shape index (κ2) is 7.03. The molecule has 0 fully saturated rings. The topological polar surface area (TPSA) is 71.2 Å². The average Bonchev–Trinajstić information content (AvgIpc) is 2.88. The van der Waals surface area contributed by atoms with Crippen molar-refractivity contribution in [1.29, 1.82) is 0 Å². The Balaban J connectivity index is 2.04. The number of hydrogen-bond acceptors (Lipinski definition) is 4. The summed E-state index contributed by atoms with van der Waals surface area (Å²) in [6.07, 6.45) is 0. The molecule has 0 aliphatic heterocycles. The van der Waals surface area contributed by atoms with Gasteiger partial charge < -0.3 is 10.0 Å². The Kier molecular flexibility index (Phi) is 4.81. The SMILES string of the molecule is Cc1cc(C(=O)N(CCO)Cc2ccccc2)c2c(C)nn(C)c2n1. The highest BCUT2D eigenvalue weighted by molar-refractivity contribution is 6.06. The highest BCUT2D eigenvalue weighted by atomic mass is 16.3. The minimum absolute atomic E-state index is 0.0855. The zero-order valence-corrected chi connectivity index (χ0v) is 14.7. The van der Waals surface area contributed by atoms with Crippen LogP contribution in [0.5, 0.6) is 0 Å². The molecule has 0 aliphatic rings. The Labute approximate surface area is 146 Å². The third-order valence-electron chi connectivity index (χ3n) is 4.20. The molecule has 2 aromatic heterocycles. The van der Waals surface area contributed by atoms with Crippen LogP contribution in [0.3, 0.4) is 0 Å². The van der Waals surface area contributed by atoms with E-state index in [1.807, 2.05) is 51.2 Å². The predicted octanol–water partition coefficient (Wildman–Crippen LogP) is 2.22. The van der Waals surface area contributed by atoms with Crippen LogP contribution in [0.2, 0.25) is 0 Å². The van der Waals surface area contributed by atoms with E-state index in [2.05, 4.69) is 10.1 Å². The molecule has 1 N–H and O–H groups in total. The number of aliphatic hydroxyl groups excluding tert-OH is 1. The number of carbonyl (C=O) groups is 1. The molecular formula is C19H22N4O2. The van der Waals surface area contributed by atoms with Crippen molar-refractivity contribution in [3.8, 4) is 0 Å². The highest BCUT2D eigenvalue weighted by Gasteiger charge is 2.22.